The summed E-state index contributed by atoms with van der Waals surface area (Å²) in [5, 5.41) is 21.9. The largest absolute Gasteiger partial charge is 0.478 e. The number of carboxylic acid groups (broad SMARTS) is 1. The summed E-state index contributed by atoms with van der Waals surface area (Å²) in [5.74, 6) is -2.73. The van der Waals surface area contributed by atoms with Crippen molar-refractivity contribution in [3.8, 4) is 6.07 Å². The summed E-state index contributed by atoms with van der Waals surface area (Å²) < 4.78 is 5.10. The topological polar surface area (TPSA) is 99.4 Å². The Hall–Kier alpha value is -2.78. The standard InChI is InChI=1S/C18H17ClN2O4/c1-4-25-18(24)14-10(3)21-9(2)13(17(22)23)15(14)12-7-5-6-11(8-20)16(12)19/h5-7,15,21H,4H2,1-3H3,(H,22,23). The smallest absolute Gasteiger partial charge is 0.336 e. The molecular formula is C18H17ClN2O4. The van der Waals surface area contributed by atoms with E-state index < -0.39 is 17.9 Å². The normalized spacial score (nSPS) is 17.0. The summed E-state index contributed by atoms with van der Waals surface area (Å²) >= 11 is 6.32. The first kappa shape index (κ1) is 18.6. The van der Waals surface area contributed by atoms with Gasteiger partial charge in [-0.2, -0.15) is 5.26 Å². The van der Waals surface area contributed by atoms with Crippen LogP contribution in [-0.2, 0) is 14.3 Å². The molecule has 2 rings (SSSR count). The van der Waals surface area contributed by atoms with E-state index in [-0.39, 0.29) is 28.3 Å². The van der Waals surface area contributed by atoms with E-state index in [1.165, 1.54) is 6.07 Å². The lowest BCUT2D eigenvalue weighted by Crippen LogP contribution is -2.32. The lowest BCUT2D eigenvalue weighted by atomic mass is 9.80. The molecule has 0 radical (unpaired) electrons. The molecule has 0 bridgehead atoms. The summed E-state index contributed by atoms with van der Waals surface area (Å²) in [6, 6.07) is 6.72. The Bertz CT molecular complexity index is 849. The van der Waals surface area contributed by atoms with Crippen molar-refractivity contribution in [1.29, 1.82) is 5.26 Å². The van der Waals surface area contributed by atoms with Gasteiger partial charge in [0.1, 0.15) is 6.07 Å². The van der Waals surface area contributed by atoms with E-state index >= 15 is 0 Å². The van der Waals surface area contributed by atoms with E-state index in [2.05, 4.69) is 5.32 Å². The van der Waals surface area contributed by atoms with Crippen LogP contribution < -0.4 is 5.32 Å². The number of nitrogens with zero attached hydrogens (tertiary/aromatic N) is 1. The number of carbonyl (C=O) groups is 2. The van der Waals surface area contributed by atoms with Gasteiger partial charge in [0, 0.05) is 11.4 Å². The van der Waals surface area contributed by atoms with E-state index in [1.54, 1.807) is 32.9 Å². The molecule has 1 heterocycles. The van der Waals surface area contributed by atoms with Crippen LogP contribution >= 0.6 is 11.6 Å². The first-order valence-electron chi connectivity index (χ1n) is 7.60. The summed E-state index contributed by atoms with van der Waals surface area (Å²) in [4.78, 5) is 24.4. The molecule has 0 saturated heterocycles. The Morgan fingerprint density at radius 2 is 1.96 bits per heavy atom. The average molecular weight is 361 g/mol. The van der Waals surface area contributed by atoms with E-state index in [9.17, 15) is 20.0 Å². The number of hydrogen-bond acceptors (Lipinski definition) is 5. The Labute approximate surface area is 150 Å². The fourth-order valence-corrected chi connectivity index (χ4v) is 3.20. The van der Waals surface area contributed by atoms with Gasteiger partial charge in [-0.15, -0.1) is 0 Å². The molecule has 1 aliphatic rings. The van der Waals surface area contributed by atoms with Gasteiger partial charge in [-0.3, -0.25) is 0 Å². The summed E-state index contributed by atoms with van der Waals surface area (Å²) in [7, 11) is 0. The second kappa shape index (κ2) is 7.41. The van der Waals surface area contributed by atoms with E-state index in [0.29, 0.717) is 17.0 Å². The van der Waals surface area contributed by atoms with Gasteiger partial charge in [-0.05, 0) is 32.4 Å². The van der Waals surface area contributed by atoms with Crippen molar-refractivity contribution >= 4 is 23.5 Å². The Kier molecular flexibility index (Phi) is 5.50. The third-order valence-electron chi connectivity index (χ3n) is 3.95. The highest BCUT2D eigenvalue weighted by molar-refractivity contribution is 6.32. The molecule has 1 aliphatic heterocycles. The quantitative estimate of drug-likeness (QED) is 0.800. The predicted octanol–water partition coefficient (Wildman–Crippen LogP) is 3.09. The van der Waals surface area contributed by atoms with Crippen molar-refractivity contribution in [1.82, 2.24) is 5.32 Å². The molecule has 1 aromatic carbocycles. The van der Waals surface area contributed by atoms with Crippen LogP contribution in [0.1, 0.15) is 37.8 Å². The molecule has 0 amide bonds. The number of rotatable bonds is 4. The predicted molar refractivity (Wildman–Crippen MR) is 91.7 cm³/mol. The Morgan fingerprint density at radius 3 is 2.52 bits per heavy atom. The van der Waals surface area contributed by atoms with Gasteiger partial charge in [0.25, 0.3) is 0 Å². The number of halogens is 1. The number of ether oxygens (including phenoxy) is 1. The van der Waals surface area contributed by atoms with Gasteiger partial charge in [-0.1, -0.05) is 23.7 Å². The maximum absolute atomic E-state index is 12.5. The highest BCUT2D eigenvalue weighted by Crippen LogP contribution is 2.42. The highest BCUT2D eigenvalue weighted by Gasteiger charge is 2.38. The van der Waals surface area contributed by atoms with Crippen LogP contribution in [0.2, 0.25) is 5.02 Å². The minimum atomic E-state index is -1.18. The van der Waals surface area contributed by atoms with Crippen molar-refractivity contribution in [3.05, 3.63) is 56.9 Å². The molecule has 1 unspecified atom stereocenters. The molecule has 6 nitrogen and oxygen atoms in total. The van der Waals surface area contributed by atoms with Crippen molar-refractivity contribution in [2.45, 2.75) is 26.7 Å². The zero-order valence-electron chi connectivity index (χ0n) is 14.0. The molecule has 0 spiro atoms. The Morgan fingerprint density at radius 1 is 1.32 bits per heavy atom. The number of carboxylic acids is 1. The van der Waals surface area contributed by atoms with Crippen molar-refractivity contribution < 1.29 is 19.4 Å². The molecule has 2 N–H and O–H groups in total. The van der Waals surface area contributed by atoms with Gasteiger partial charge in [0.2, 0.25) is 0 Å². The van der Waals surface area contributed by atoms with E-state index in [1.807, 2.05) is 6.07 Å². The average Bonchev–Trinajstić information content (AvgIpc) is 2.54. The lowest BCUT2D eigenvalue weighted by molar-refractivity contribution is -0.138. The third-order valence-corrected chi connectivity index (χ3v) is 4.37. The molecule has 1 aromatic rings. The minimum Gasteiger partial charge on any atom is -0.478 e. The van der Waals surface area contributed by atoms with E-state index in [0.717, 1.165) is 0 Å². The monoisotopic (exact) mass is 360 g/mol. The van der Waals surface area contributed by atoms with Crippen molar-refractivity contribution in [2.75, 3.05) is 6.61 Å². The number of carbonyl (C=O) groups excluding carboxylic acids is 1. The number of allylic oxidation sites excluding steroid dienone is 2. The molecular weight excluding hydrogens is 344 g/mol. The number of esters is 1. The second-order valence-corrected chi connectivity index (χ2v) is 5.86. The summed E-state index contributed by atoms with van der Waals surface area (Å²) in [6.07, 6.45) is 0. The molecule has 0 fully saturated rings. The molecule has 25 heavy (non-hydrogen) atoms. The molecule has 130 valence electrons. The lowest BCUT2D eigenvalue weighted by Gasteiger charge is -2.30. The number of nitrogens with one attached hydrogen (secondary N) is 1. The number of dihydropyridines is 1. The van der Waals surface area contributed by atoms with Crippen molar-refractivity contribution in [2.24, 2.45) is 0 Å². The van der Waals surface area contributed by atoms with Crippen LogP contribution in [0, 0.1) is 11.3 Å². The number of benzene rings is 1. The van der Waals surface area contributed by atoms with Crippen LogP contribution in [0.3, 0.4) is 0 Å². The third kappa shape index (κ3) is 3.37. The van der Waals surface area contributed by atoms with E-state index in [4.69, 9.17) is 16.3 Å². The first-order chi connectivity index (χ1) is 11.8. The maximum Gasteiger partial charge on any atom is 0.336 e. The fourth-order valence-electron chi connectivity index (χ4n) is 2.93. The van der Waals surface area contributed by atoms with Gasteiger partial charge in [0.05, 0.1) is 34.3 Å². The van der Waals surface area contributed by atoms with Crippen LogP contribution in [0.4, 0.5) is 0 Å². The zero-order valence-corrected chi connectivity index (χ0v) is 14.8. The number of nitriles is 1. The highest BCUT2D eigenvalue weighted by atomic mass is 35.5. The summed E-state index contributed by atoms with van der Waals surface area (Å²) in [6.45, 7) is 5.11. The fraction of sp³-hybridized carbons (Fsp3) is 0.278. The molecule has 0 aliphatic carbocycles. The van der Waals surface area contributed by atoms with Gasteiger partial charge >= 0.3 is 11.9 Å². The van der Waals surface area contributed by atoms with Crippen molar-refractivity contribution in [3.63, 3.8) is 0 Å². The van der Waals surface area contributed by atoms with Gasteiger partial charge in [-0.25, -0.2) is 9.59 Å². The van der Waals surface area contributed by atoms with Gasteiger partial charge < -0.3 is 15.2 Å². The second-order valence-electron chi connectivity index (χ2n) is 5.48. The Balaban J connectivity index is 2.77. The SMILES string of the molecule is CCOC(=O)C1=C(C)NC(C)=C(C(=O)O)C1c1cccc(C#N)c1Cl. The van der Waals surface area contributed by atoms with Crippen LogP contribution in [0.5, 0.6) is 0 Å². The molecule has 0 saturated carbocycles. The van der Waals surface area contributed by atoms with Gasteiger partial charge in [0.15, 0.2) is 0 Å². The molecule has 7 heteroatoms. The number of hydrogen-bond donors (Lipinski definition) is 2. The minimum absolute atomic E-state index is 0.00866. The molecule has 1 atom stereocenters. The molecule has 0 aromatic heterocycles. The number of aliphatic carboxylic acids is 1. The maximum atomic E-state index is 12.5. The van der Waals surface area contributed by atoms with Crippen LogP contribution in [0.15, 0.2) is 40.7 Å². The first-order valence-corrected chi connectivity index (χ1v) is 7.98. The summed E-state index contributed by atoms with van der Waals surface area (Å²) in [5.41, 5.74) is 1.64. The zero-order chi connectivity index (χ0) is 18.7. The van der Waals surface area contributed by atoms with Crippen LogP contribution in [0.25, 0.3) is 0 Å². The van der Waals surface area contributed by atoms with Crippen LogP contribution in [-0.4, -0.2) is 23.7 Å².